The molecule has 0 aliphatic rings. The lowest BCUT2D eigenvalue weighted by atomic mass is 9.79. The first-order chi connectivity index (χ1) is 9.20. The van der Waals surface area contributed by atoms with E-state index in [0.29, 0.717) is 24.4 Å². The zero-order valence-corrected chi connectivity index (χ0v) is 11.4. The van der Waals surface area contributed by atoms with Gasteiger partial charge in [0.2, 0.25) is 0 Å². The van der Waals surface area contributed by atoms with Gasteiger partial charge in [-0.1, -0.05) is 18.2 Å². The van der Waals surface area contributed by atoms with E-state index in [9.17, 15) is 10.0 Å². The maximum Gasteiger partial charge on any atom is 0.492 e. The molecule has 0 radical (unpaired) electrons. The Bertz CT molecular complexity index is 513. The average Bonchev–Trinajstić information content (AvgIpc) is 2.91. The molecule has 1 aromatic carbocycles. The predicted octanol–water partition coefficient (Wildman–Crippen LogP) is 1.15. The van der Waals surface area contributed by atoms with Gasteiger partial charge in [0.15, 0.2) is 0 Å². The van der Waals surface area contributed by atoms with Crippen molar-refractivity contribution in [2.45, 2.75) is 13.2 Å². The first kappa shape index (κ1) is 14.1. The lowest BCUT2D eigenvalue weighted by Crippen LogP contribution is -2.31. The van der Waals surface area contributed by atoms with E-state index in [2.05, 4.69) is 0 Å². The van der Waals surface area contributed by atoms with E-state index in [1.54, 1.807) is 23.5 Å². The van der Waals surface area contributed by atoms with Gasteiger partial charge in [0.25, 0.3) is 0 Å². The Morgan fingerprint density at radius 2 is 2.05 bits per heavy atom. The van der Waals surface area contributed by atoms with E-state index in [0.717, 1.165) is 10.4 Å². The quantitative estimate of drug-likeness (QED) is 0.778. The van der Waals surface area contributed by atoms with Crippen molar-refractivity contribution >= 4 is 23.9 Å². The van der Waals surface area contributed by atoms with Crippen LogP contribution in [-0.2, 0) is 18.0 Å². The van der Waals surface area contributed by atoms with Gasteiger partial charge in [-0.05, 0) is 23.1 Å². The third-order valence-corrected chi connectivity index (χ3v) is 3.52. The van der Waals surface area contributed by atoms with Crippen molar-refractivity contribution in [1.82, 2.24) is 0 Å². The fraction of sp³-hybridized carbons (Fsp3) is 0.231. The Balaban J connectivity index is 1.98. The van der Waals surface area contributed by atoms with Crippen LogP contribution in [0.5, 0.6) is 5.75 Å². The van der Waals surface area contributed by atoms with Crippen LogP contribution in [-0.4, -0.2) is 24.3 Å². The Kier molecular flexibility index (Phi) is 4.98. The highest BCUT2D eigenvalue weighted by Gasteiger charge is 2.17. The number of thiophene rings is 1. The van der Waals surface area contributed by atoms with Crippen molar-refractivity contribution in [2.24, 2.45) is 0 Å². The summed E-state index contributed by atoms with van der Waals surface area (Å²) < 4.78 is 10.6. The molecule has 0 aliphatic carbocycles. The minimum atomic E-state index is -1.55. The maximum absolute atomic E-state index is 9.27. The van der Waals surface area contributed by atoms with E-state index in [-0.39, 0.29) is 0 Å². The summed E-state index contributed by atoms with van der Waals surface area (Å²) in [5, 5.41) is 20.6. The molecular formula is C13H15BO4S. The lowest BCUT2D eigenvalue weighted by Gasteiger charge is -2.10. The minimum absolute atomic E-state index is 0.347. The predicted molar refractivity (Wildman–Crippen MR) is 75.6 cm³/mol. The van der Waals surface area contributed by atoms with Gasteiger partial charge in [-0.2, -0.15) is 0 Å². The molecule has 0 fully saturated rings. The largest absolute Gasteiger partial charge is 0.497 e. The molecule has 0 spiro atoms. The van der Waals surface area contributed by atoms with Crippen LogP contribution in [0.25, 0.3) is 0 Å². The summed E-state index contributed by atoms with van der Waals surface area (Å²) in [5.74, 6) is 0.456. The molecule has 0 aliphatic heterocycles. The van der Waals surface area contributed by atoms with Crippen LogP contribution in [0, 0.1) is 0 Å². The summed E-state index contributed by atoms with van der Waals surface area (Å²) in [7, 11) is -0.0547. The number of hydrogen-bond acceptors (Lipinski definition) is 5. The summed E-state index contributed by atoms with van der Waals surface area (Å²) >= 11 is 1.65. The monoisotopic (exact) mass is 278 g/mol. The summed E-state index contributed by atoms with van der Waals surface area (Å²) in [4.78, 5) is 1.16. The van der Waals surface area contributed by atoms with Crippen LogP contribution in [0.2, 0.25) is 0 Å². The Hall–Kier alpha value is -1.34. The molecule has 0 saturated heterocycles. The summed E-state index contributed by atoms with van der Waals surface area (Å²) in [6.07, 6.45) is 0. The Labute approximate surface area is 116 Å². The Morgan fingerprint density at radius 3 is 2.68 bits per heavy atom. The normalized spacial score (nSPS) is 10.5. The van der Waals surface area contributed by atoms with Crippen molar-refractivity contribution in [3.63, 3.8) is 0 Å². The first-order valence-electron chi connectivity index (χ1n) is 5.84. The van der Waals surface area contributed by atoms with Crippen molar-refractivity contribution in [2.75, 3.05) is 7.11 Å². The van der Waals surface area contributed by atoms with Gasteiger partial charge in [-0.3, -0.25) is 0 Å². The SMILES string of the molecule is COc1ccc(COCc2cccs2)cc1B(O)O. The van der Waals surface area contributed by atoms with Gasteiger partial charge in [0.1, 0.15) is 5.75 Å². The van der Waals surface area contributed by atoms with Gasteiger partial charge < -0.3 is 19.5 Å². The molecule has 0 saturated carbocycles. The van der Waals surface area contributed by atoms with Crippen molar-refractivity contribution < 1.29 is 19.5 Å². The summed E-state index contributed by atoms with van der Waals surface area (Å²) in [5.41, 5.74) is 1.22. The second-order valence-corrected chi connectivity index (χ2v) is 5.05. The molecule has 0 amide bonds. The van der Waals surface area contributed by atoms with E-state index < -0.39 is 7.12 Å². The molecule has 1 heterocycles. The van der Waals surface area contributed by atoms with Crippen LogP contribution in [0.4, 0.5) is 0 Å². The van der Waals surface area contributed by atoms with E-state index in [1.165, 1.54) is 7.11 Å². The van der Waals surface area contributed by atoms with Crippen LogP contribution < -0.4 is 10.2 Å². The van der Waals surface area contributed by atoms with Gasteiger partial charge in [0, 0.05) is 10.3 Å². The molecule has 2 aromatic rings. The average molecular weight is 278 g/mol. The van der Waals surface area contributed by atoms with E-state index >= 15 is 0 Å². The Morgan fingerprint density at radius 1 is 1.21 bits per heavy atom. The minimum Gasteiger partial charge on any atom is -0.497 e. The topological polar surface area (TPSA) is 58.9 Å². The molecule has 1 aromatic heterocycles. The van der Waals surface area contributed by atoms with Crippen molar-refractivity contribution in [1.29, 1.82) is 0 Å². The molecule has 100 valence electrons. The number of ether oxygens (including phenoxy) is 2. The zero-order valence-electron chi connectivity index (χ0n) is 10.6. The van der Waals surface area contributed by atoms with Gasteiger partial charge in [0.05, 0.1) is 20.3 Å². The molecule has 0 unspecified atom stereocenters. The smallest absolute Gasteiger partial charge is 0.492 e. The molecule has 2 N–H and O–H groups in total. The van der Waals surface area contributed by atoms with Crippen molar-refractivity contribution in [3.05, 3.63) is 46.2 Å². The van der Waals surface area contributed by atoms with E-state index in [1.807, 2.05) is 23.6 Å². The second kappa shape index (κ2) is 6.72. The highest BCUT2D eigenvalue weighted by Crippen LogP contribution is 2.13. The molecule has 19 heavy (non-hydrogen) atoms. The van der Waals surface area contributed by atoms with Crippen LogP contribution >= 0.6 is 11.3 Å². The van der Waals surface area contributed by atoms with Gasteiger partial charge >= 0.3 is 7.12 Å². The number of benzene rings is 1. The summed E-state index contributed by atoms with van der Waals surface area (Å²) in [6, 6.07) is 9.23. The number of hydrogen-bond donors (Lipinski definition) is 2. The third kappa shape index (κ3) is 3.81. The van der Waals surface area contributed by atoms with Crippen molar-refractivity contribution in [3.8, 4) is 5.75 Å². The molecule has 0 atom stereocenters. The highest BCUT2D eigenvalue weighted by molar-refractivity contribution is 7.09. The van der Waals surface area contributed by atoms with Gasteiger partial charge in [-0.25, -0.2) is 0 Å². The van der Waals surface area contributed by atoms with E-state index in [4.69, 9.17) is 9.47 Å². The zero-order chi connectivity index (χ0) is 13.7. The highest BCUT2D eigenvalue weighted by atomic mass is 32.1. The molecule has 6 heteroatoms. The number of methoxy groups -OCH3 is 1. The number of rotatable bonds is 6. The maximum atomic E-state index is 9.27. The second-order valence-electron chi connectivity index (χ2n) is 4.02. The first-order valence-corrected chi connectivity index (χ1v) is 6.71. The molecule has 4 nitrogen and oxygen atoms in total. The standard InChI is InChI=1S/C13H15BO4S/c1-17-13-5-4-10(7-12(13)14(15)16)8-18-9-11-3-2-6-19-11/h2-7,15-16H,8-9H2,1H3. The third-order valence-electron chi connectivity index (χ3n) is 2.67. The molecular weight excluding hydrogens is 263 g/mol. The van der Waals surface area contributed by atoms with Crippen LogP contribution in [0.15, 0.2) is 35.7 Å². The molecule has 0 bridgehead atoms. The fourth-order valence-electron chi connectivity index (χ4n) is 1.74. The lowest BCUT2D eigenvalue weighted by molar-refractivity contribution is 0.109. The molecule has 2 rings (SSSR count). The summed E-state index contributed by atoms with van der Waals surface area (Å²) in [6.45, 7) is 0.975. The van der Waals surface area contributed by atoms with Crippen LogP contribution in [0.1, 0.15) is 10.4 Å². The fourth-order valence-corrected chi connectivity index (χ4v) is 2.38. The van der Waals surface area contributed by atoms with Crippen LogP contribution in [0.3, 0.4) is 0 Å². The van der Waals surface area contributed by atoms with Gasteiger partial charge in [-0.15, -0.1) is 11.3 Å².